The molecule has 8 heteroatoms. The number of β-amino-alcohol motifs (C(OH)–C–C–N with tert-alkyl or cyclic N) is 1. The average Bonchev–Trinajstić information content (AvgIpc) is 2.58. The number of aliphatic imine (C=N–C) groups is 1. The minimum atomic E-state index is 0.118. The van der Waals surface area contributed by atoms with E-state index in [4.69, 9.17) is 9.84 Å². The summed E-state index contributed by atoms with van der Waals surface area (Å²) in [5, 5.41) is 16.2. The lowest BCUT2D eigenvalue weighted by atomic mass is 10.2. The smallest absolute Gasteiger partial charge is 0.230 e. The van der Waals surface area contributed by atoms with Gasteiger partial charge in [-0.2, -0.15) is 0 Å². The van der Waals surface area contributed by atoms with Gasteiger partial charge in [0, 0.05) is 11.9 Å². The monoisotopic (exact) mass is 330 g/mol. The van der Waals surface area contributed by atoms with Crippen LogP contribution < -0.4 is 15.4 Å². The van der Waals surface area contributed by atoms with E-state index in [2.05, 4.69) is 25.6 Å². The first kappa shape index (κ1) is 16.4. The minimum Gasteiger partial charge on any atom is -0.492 e. The predicted molar refractivity (Wildman–Crippen MR) is 93.2 cm³/mol. The summed E-state index contributed by atoms with van der Waals surface area (Å²) < 4.78 is 5.67. The van der Waals surface area contributed by atoms with Crippen LogP contribution in [0.1, 0.15) is 12.6 Å². The van der Waals surface area contributed by atoms with Crippen molar-refractivity contribution in [3.63, 3.8) is 0 Å². The van der Waals surface area contributed by atoms with Gasteiger partial charge in [0.25, 0.3) is 0 Å². The van der Waals surface area contributed by atoms with E-state index in [1.165, 1.54) is 0 Å². The molecule has 0 radical (unpaired) electrons. The molecule has 1 aromatic heterocycles. The molecule has 8 nitrogen and oxygen atoms in total. The molecule has 0 aliphatic carbocycles. The molecular formula is C16H22N6O2. The lowest BCUT2D eigenvalue weighted by molar-refractivity contribution is 0.191. The van der Waals surface area contributed by atoms with Crippen molar-refractivity contribution in [3.8, 4) is 5.75 Å². The minimum absolute atomic E-state index is 0.118. The Hall–Kier alpha value is -2.45. The van der Waals surface area contributed by atoms with Gasteiger partial charge in [-0.05, 0) is 19.9 Å². The maximum atomic E-state index is 8.96. The third-order valence-corrected chi connectivity index (χ3v) is 3.73. The molecule has 2 heterocycles. The van der Waals surface area contributed by atoms with Crippen molar-refractivity contribution in [1.29, 1.82) is 0 Å². The highest BCUT2D eigenvalue weighted by atomic mass is 16.5. The third kappa shape index (κ3) is 3.55. The van der Waals surface area contributed by atoms with Gasteiger partial charge < -0.3 is 15.2 Å². The van der Waals surface area contributed by atoms with Crippen molar-refractivity contribution in [2.75, 3.05) is 38.4 Å². The number of aliphatic hydroxyl groups excluding tert-OH is 1. The van der Waals surface area contributed by atoms with E-state index >= 15 is 0 Å². The van der Waals surface area contributed by atoms with Gasteiger partial charge in [-0.15, -0.1) is 0 Å². The number of hydrogen-bond donors (Lipinski definition) is 3. The SMILES string of the molecule is CCOc1cccc2c(C)nc(NC3=NCN(CCO)CN3)nc12. The fraction of sp³-hybridized carbons (Fsp3) is 0.438. The van der Waals surface area contributed by atoms with E-state index in [-0.39, 0.29) is 6.61 Å². The van der Waals surface area contributed by atoms with Crippen LogP contribution in [-0.2, 0) is 0 Å². The fourth-order valence-corrected chi connectivity index (χ4v) is 2.55. The molecule has 0 amide bonds. The maximum Gasteiger partial charge on any atom is 0.230 e. The number of aromatic nitrogens is 2. The van der Waals surface area contributed by atoms with Gasteiger partial charge in [0.2, 0.25) is 11.9 Å². The summed E-state index contributed by atoms with van der Waals surface area (Å²) in [5.74, 6) is 1.85. The van der Waals surface area contributed by atoms with E-state index in [0.29, 0.717) is 38.4 Å². The highest BCUT2D eigenvalue weighted by Gasteiger charge is 2.14. The number of anilines is 1. The molecule has 0 saturated heterocycles. The van der Waals surface area contributed by atoms with Crippen LogP contribution in [-0.4, -0.2) is 59.0 Å². The standard InChI is InChI=1S/C16H22N6O2/c1-3-24-13-6-4-5-12-11(2)19-16(20-14(12)13)21-15-17-9-22(7-8-23)10-18-15/h4-6,23H,3,7-10H2,1-2H3,(H2,17,18,19,20,21). The zero-order valence-electron chi connectivity index (χ0n) is 13.9. The topological polar surface area (TPSA) is 94.9 Å². The van der Waals surface area contributed by atoms with Gasteiger partial charge in [-0.1, -0.05) is 12.1 Å². The Morgan fingerprint density at radius 1 is 1.38 bits per heavy atom. The van der Waals surface area contributed by atoms with E-state index in [9.17, 15) is 0 Å². The highest BCUT2D eigenvalue weighted by molar-refractivity contribution is 5.94. The lowest BCUT2D eigenvalue weighted by Crippen LogP contribution is -2.46. The quantitative estimate of drug-likeness (QED) is 0.750. The number of guanidine groups is 1. The van der Waals surface area contributed by atoms with Crippen molar-refractivity contribution in [2.24, 2.45) is 4.99 Å². The van der Waals surface area contributed by atoms with Crippen LogP contribution in [0.2, 0.25) is 0 Å². The molecule has 1 aliphatic heterocycles. The molecule has 0 unspecified atom stereocenters. The second-order valence-corrected chi connectivity index (χ2v) is 5.44. The Balaban J connectivity index is 1.84. The molecule has 1 aromatic carbocycles. The molecule has 0 bridgehead atoms. The largest absolute Gasteiger partial charge is 0.492 e. The van der Waals surface area contributed by atoms with E-state index in [0.717, 1.165) is 22.3 Å². The van der Waals surface area contributed by atoms with Crippen molar-refractivity contribution < 1.29 is 9.84 Å². The van der Waals surface area contributed by atoms with Crippen LogP contribution >= 0.6 is 0 Å². The molecule has 1 aliphatic rings. The van der Waals surface area contributed by atoms with Crippen LogP contribution in [0, 0.1) is 6.92 Å². The Bertz CT molecular complexity index is 749. The van der Waals surface area contributed by atoms with Gasteiger partial charge in [0.1, 0.15) is 11.3 Å². The summed E-state index contributed by atoms with van der Waals surface area (Å²) in [5.41, 5.74) is 1.66. The number of aliphatic hydroxyl groups is 1. The number of para-hydroxylation sites is 1. The van der Waals surface area contributed by atoms with Gasteiger partial charge in [0.15, 0.2) is 0 Å². The van der Waals surface area contributed by atoms with E-state index in [1.807, 2.05) is 36.9 Å². The van der Waals surface area contributed by atoms with E-state index in [1.54, 1.807) is 0 Å². The first-order chi connectivity index (χ1) is 11.7. The van der Waals surface area contributed by atoms with Crippen LogP contribution in [0.5, 0.6) is 5.75 Å². The van der Waals surface area contributed by atoms with Crippen LogP contribution in [0.25, 0.3) is 10.9 Å². The first-order valence-electron chi connectivity index (χ1n) is 8.00. The average molecular weight is 330 g/mol. The number of benzene rings is 1. The Morgan fingerprint density at radius 3 is 2.96 bits per heavy atom. The molecule has 2 aromatic rings. The van der Waals surface area contributed by atoms with Gasteiger partial charge in [-0.25, -0.2) is 15.0 Å². The third-order valence-electron chi connectivity index (χ3n) is 3.73. The number of ether oxygens (including phenoxy) is 1. The lowest BCUT2D eigenvalue weighted by Gasteiger charge is -2.26. The molecule has 128 valence electrons. The highest BCUT2D eigenvalue weighted by Crippen LogP contribution is 2.26. The van der Waals surface area contributed by atoms with Crippen LogP contribution in [0.4, 0.5) is 5.95 Å². The molecular weight excluding hydrogens is 308 g/mol. The summed E-state index contributed by atoms with van der Waals surface area (Å²) in [6.07, 6.45) is 0. The van der Waals surface area contributed by atoms with E-state index < -0.39 is 0 Å². The number of nitrogens with zero attached hydrogens (tertiary/aromatic N) is 4. The van der Waals surface area contributed by atoms with Crippen molar-refractivity contribution in [2.45, 2.75) is 13.8 Å². The Labute approximate surface area is 140 Å². The van der Waals surface area contributed by atoms with Gasteiger partial charge in [-0.3, -0.25) is 10.2 Å². The second kappa shape index (κ2) is 7.41. The van der Waals surface area contributed by atoms with Gasteiger partial charge >= 0.3 is 0 Å². The van der Waals surface area contributed by atoms with Crippen molar-refractivity contribution >= 4 is 22.8 Å². The number of aryl methyl sites for hydroxylation is 1. The summed E-state index contributed by atoms with van der Waals surface area (Å²) in [6, 6.07) is 5.84. The molecule has 3 rings (SSSR count). The summed E-state index contributed by atoms with van der Waals surface area (Å²) in [4.78, 5) is 15.5. The zero-order valence-corrected chi connectivity index (χ0v) is 13.9. The van der Waals surface area contributed by atoms with Crippen molar-refractivity contribution in [3.05, 3.63) is 23.9 Å². The number of fused-ring (bicyclic) bond motifs is 1. The summed E-state index contributed by atoms with van der Waals surface area (Å²) in [7, 11) is 0. The van der Waals surface area contributed by atoms with Crippen LogP contribution in [0.15, 0.2) is 23.2 Å². The molecule has 24 heavy (non-hydrogen) atoms. The molecule has 3 N–H and O–H groups in total. The fourth-order valence-electron chi connectivity index (χ4n) is 2.55. The van der Waals surface area contributed by atoms with Crippen molar-refractivity contribution in [1.82, 2.24) is 20.2 Å². The first-order valence-corrected chi connectivity index (χ1v) is 8.00. The molecule has 0 spiro atoms. The molecule has 0 fully saturated rings. The Morgan fingerprint density at radius 2 is 2.25 bits per heavy atom. The molecule has 0 atom stereocenters. The number of rotatable bonds is 5. The van der Waals surface area contributed by atoms with Gasteiger partial charge in [0.05, 0.1) is 32.2 Å². The maximum absolute atomic E-state index is 8.96. The Kier molecular flexibility index (Phi) is 5.07. The molecule has 0 saturated carbocycles. The van der Waals surface area contributed by atoms with Crippen LogP contribution in [0.3, 0.4) is 0 Å². The predicted octanol–water partition coefficient (Wildman–Crippen LogP) is 0.917. The summed E-state index contributed by atoms with van der Waals surface area (Å²) >= 11 is 0. The second-order valence-electron chi connectivity index (χ2n) is 5.44. The number of nitrogens with one attached hydrogen (secondary N) is 2. The summed E-state index contributed by atoms with van der Waals surface area (Å²) in [6.45, 7) is 6.32. The zero-order chi connectivity index (χ0) is 16.9. The normalized spacial score (nSPS) is 15.0. The number of hydrogen-bond acceptors (Lipinski definition) is 8.